The van der Waals surface area contributed by atoms with Gasteiger partial charge in [-0.05, 0) is 35.9 Å². The molecule has 3 aromatic heterocycles. The summed E-state index contributed by atoms with van der Waals surface area (Å²) in [6.45, 7) is 3.54. The zero-order chi connectivity index (χ0) is 29.3. The van der Waals surface area contributed by atoms with Gasteiger partial charge in [-0.3, -0.25) is 14.3 Å². The second kappa shape index (κ2) is 11.4. The maximum absolute atomic E-state index is 13.6. The number of methoxy groups -OCH3 is 2. The lowest BCUT2D eigenvalue weighted by atomic mass is 10.0. The van der Waals surface area contributed by atoms with E-state index in [1.165, 1.54) is 26.4 Å². The number of aryl methyl sites for hydroxylation is 1. The number of carbonyl (C=O) groups is 2. The number of pyridine rings is 1. The van der Waals surface area contributed by atoms with Crippen molar-refractivity contribution in [2.45, 2.75) is 0 Å². The number of halogens is 2. The monoisotopic (exact) mass is 590 g/mol. The van der Waals surface area contributed by atoms with Crippen LogP contribution in [0.5, 0.6) is 11.5 Å². The first-order valence-electron chi connectivity index (χ1n) is 12.2. The van der Waals surface area contributed by atoms with Crippen LogP contribution in [0.2, 0.25) is 10.0 Å². The highest BCUT2D eigenvalue weighted by atomic mass is 35.5. The first-order valence-corrected chi connectivity index (χ1v) is 13.0. The van der Waals surface area contributed by atoms with Gasteiger partial charge in [0.2, 0.25) is 5.91 Å². The molecule has 0 atom stereocenters. The van der Waals surface area contributed by atoms with E-state index in [1.54, 1.807) is 29.2 Å². The number of ether oxygens (including phenoxy) is 2. The highest BCUT2D eigenvalue weighted by Crippen LogP contribution is 2.42. The summed E-state index contributed by atoms with van der Waals surface area (Å²) in [5.41, 5.74) is 3.71. The number of aromatic amines is 1. The molecule has 0 radical (unpaired) electrons. The molecule has 1 amide bonds. The number of anilines is 3. The van der Waals surface area contributed by atoms with Crippen LogP contribution in [-0.4, -0.2) is 45.7 Å². The Labute approximate surface area is 244 Å². The summed E-state index contributed by atoms with van der Waals surface area (Å²) in [6.07, 6.45) is 6.35. The fraction of sp³-hybridized carbons (Fsp3) is 0.103. The van der Waals surface area contributed by atoms with Crippen LogP contribution in [-0.2, 0) is 11.8 Å². The molecule has 0 aliphatic rings. The number of hydrogen-bond acceptors (Lipinski definition) is 7. The van der Waals surface area contributed by atoms with Crippen molar-refractivity contribution in [2.75, 3.05) is 24.9 Å². The van der Waals surface area contributed by atoms with E-state index in [1.807, 2.05) is 31.4 Å². The molecule has 3 N–H and O–H groups in total. The number of hydrogen-bond donors (Lipinski definition) is 3. The van der Waals surface area contributed by atoms with Gasteiger partial charge in [-0.2, -0.15) is 5.10 Å². The predicted molar refractivity (Wildman–Crippen MR) is 160 cm³/mol. The average molecular weight is 591 g/mol. The van der Waals surface area contributed by atoms with E-state index in [0.717, 1.165) is 11.1 Å². The molecule has 2 aromatic carbocycles. The summed E-state index contributed by atoms with van der Waals surface area (Å²) < 4.78 is 12.3. The van der Waals surface area contributed by atoms with Crippen molar-refractivity contribution in [3.05, 3.63) is 88.8 Å². The first kappa shape index (κ1) is 27.8. The zero-order valence-corrected chi connectivity index (χ0v) is 23.7. The van der Waals surface area contributed by atoms with Gasteiger partial charge in [0.25, 0.3) is 0 Å². The molecule has 10 nitrogen and oxygen atoms in total. The highest BCUT2D eigenvalue weighted by molar-refractivity contribution is 6.43. The SMILES string of the molecule is C=CC(=O)Nc1cc(-c2cnn(C)c2)ccc1Nc1ccc2c(C(=O)c3c(Cl)c(OC)cc(OC)c3Cl)c[nH]c2n1. The molecule has 5 aromatic rings. The number of nitrogens with zero attached hydrogens (tertiary/aromatic N) is 3. The summed E-state index contributed by atoms with van der Waals surface area (Å²) in [5, 5.41) is 11.0. The Kier molecular flexibility index (Phi) is 7.69. The number of rotatable bonds is 9. The molecule has 0 saturated heterocycles. The molecule has 0 spiro atoms. The second-order valence-electron chi connectivity index (χ2n) is 8.89. The summed E-state index contributed by atoms with van der Waals surface area (Å²) >= 11 is 12.9. The number of benzene rings is 2. The van der Waals surface area contributed by atoms with Gasteiger partial charge in [0.15, 0.2) is 5.78 Å². The van der Waals surface area contributed by atoms with Crippen LogP contribution in [0.1, 0.15) is 15.9 Å². The van der Waals surface area contributed by atoms with Gasteiger partial charge in [0, 0.05) is 42.0 Å². The van der Waals surface area contributed by atoms with Gasteiger partial charge in [-0.25, -0.2) is 4.98 Å². The average Bonchev–Trinajstić information content (AvgIpc) is 3.60. The first-order chi connectivity index (χ1) is 19.7. The van der Waals surface area contributed by atoms with E-state index in [2.05, 4.69) is 32.3 Å². The van der Waals surface area contributed by atoms with E-state index < -0.39 is 5.78 Å². The van der Waals surface area contributed by atoms with E-state index in [9.17, 15) is 9.59 Å². The van der Waals surface area contributed by atoms with Gasteiger partial charge in [0.05, 0.1) is 47.4 Å². The minimum atomic E-state index is -0.425. The molecule has 12 heteroatoms. The molecule has 5 rings (SSSR count). The molecular formula is C29H24Cl2N6O4. The molecule has 208 valence electrons. The highest BCUT2D eigenvalue weighted by Gasteiger charge is 2.26. The number of carbonyl (C=O) groups excluding carboxylic acids is 2. The van der Waals surface area contributed by atoms with Crippen LogP contribution >= 0.6 is 23.2 Å². The Morgan fingerprint density at radius 1 is 1.02 bits per heavy atom. The van der Waals surface area contributed by atoms with Crippen molar-refractivity contribution in [3.8, 4) is 22.6 Å². The van der Waals surface area contributed by atoms with Crippen molar-refractivity contribution >= 4 is 63.1 Å². The lowest BCUT2D eigenvalue weighted by molar-refractivity contribution is -0.111. The van der Waals surface area contributed by atoms with E-state index >= 15 is 0 Å². The normalized spacial score (nSPS) is 10.9. The fourth-order valence-electron chi connectivity index (χ4n) is 4.31. The minimum Gasteiger partial charge on any atom is -0.495 e. The largest absolute Gasteiger partial charge is 0.495 e. The van der Waals surface area contributed by atoms with Crippen LogP contribution in [0, 0.1) is 0 Å². The van der Waals surface area contributed by atoms with Crippen LogP contribution < -0.4 is 20.1 Å². The Balaban J connectivity index is 1.49. The van der Waals surface area contributed by atoms with Crippen molar-refractivity contribution in [1.82, 2.24) is 19.7 Å². The Morgan fingerprint density at radius 3 is 2.39 bits per heavy atom. The number of H-pyrrole nitrogens is 1. The lowest BCUT2D eigenvalue weighted by Crippen LogP contribution is -2.09. The fourth-order valence-corrected chi connectivity index (χ4v) is 4.98. The molecule has 0 fully saturated rings. The zero-order valence-electron chi connectivity index (χ0n) is 22.2. The maximum atomic E-state index is 13.6. The molecule has 0 unspecified atom stereocenters. The van der Waals surface area contributed by atoms with Crippen molar-refractivity contribution in [3.63, 3.8) is 0 Å². The smallest absolute Gasteiger partial charge is 0.247 e. The van der Waals surface area contributed by atoms with Gasteiger partial charge >= 0.3 is 0 Å². The van der Waals surface area contributed by atoms with E-state index in [4.69, 9.17) is 32.7 Å². The third kappa shape index (κ3) is 5.34. The quantitative estimate of drug-likeness (QED) is 0.134. The standard InChI is InChI=1S/C29H24Cl2N6O4/c1-5-24(38)35-20-10-15(16-12-33-37(2)14-16)6-8-19(20)34-23-9-7-17-18(13-32-29(17)36-23)28(39)25-26(30)21(40-3)11-22(41-4)27(25)31/h5-14H,1H2,2-4H3,(H,35,38)(H2,32,34,36). The Morgan fingerprint density at radius 2 is 1.76 bits per heavy atom. The summed E-state index contributed by atoms with van der Waals surface area (Å²) in [7, 11) is 4.71. The number of amides is 1. The van der Waals surface area contributed by atoms with Crippen LogP contribution in [0.3, 0.4) is 0 Å². The van der Waals surface area contributed by atoms with Crippen molar-refractivity contribution in [2.24, 2.45) is 7.05 Å². The Bertz CT molecular complexity index is 1800. The second-order valence-corrected chi connectivity index (χ2v) is 9.65. The minimum absolute atomic E-state index is 0.0592. The van der Waals surface area contributed by atoms with E-state index in [-0.39, 0.29) is 33.0 Å². The lowest BCUT2D eigenvalue weighted by Gasteiger charge is -2.14. The van der Waals surface area contributed by atoms with E-state index in [0.29, 0.717) is 33.8 Å². The van der Waals surface area contributed by atoms with Crippen LogP contribution in [0.25, 0.3) is 22.2 Å². The van der Waals surface area contributed by atoms with Crippen LogP contribution in [0.4, 0.5) is 17.2 Å². The summed E-state index contributed by atoms with van der Waals surface area (Å²) in [4.78, 5) is 33.4. The molecule has 41 heavy (non-hydrogen) atoms. The van der Waals surface area contributed by atoms with Gasteiger partial charge in [-0.15, -0.1) is 0 Å². The van der Waals surface area contributed by atoms with Gasteiger partial charge in [-0.1, -0.05) is 35.8 Å². The number of aromatic nitrogens is 4. The molecule has 0 aliphatic heterocycles. The number of nitrogens with one attached hydrogen (secondary N) is 3. The number of fused-ring (bicyclic) bond motifs is 1. The maximum Gasteiger partial charge on any atom is 0.247 e. The Hall–Kier alpha value is -4.80. The summed E-state index contributed by atoms with van der Waals surface area (Å²) in [5.74, 6) is 0.204. The molecule has 0 saturated carbocycles. The van der Waals surface area contributed by atoms with Crippen molar-refractivity contribution in [1.29, 1.82) is 0 Å². The van der Waals surface area contributed by atoms with Crippen LogP contribution in [0.15, 0.2) is 67.6 Å². The van der Waals surface area contributed by atoms with Gasteiger partial charge in [0.1, 0.15) is 23.0 Å². The third-order valence-electron chi connectivity index (χ3n) is 6.35. The molecular weight excluding hydrogens is 567 g/mol. The molecule has 3 heterocycles. The van der Waals surface area contributed by atoms with Gasteiger partial charge < -0.3 is 25.1 Å². The molecule has 0 bridgehead atoms. The predicted octanol–water partition coefficient (Wildman–Crippen LogP) is 6.39. The third-order valence-corrected chi connectivity index (χ3v) is 7.10. The van der Waals surface area contributed by atoms with Crippen molar-refractivity contribution < 1.29 is 19.1 Å². The topological polar surface area (TPSA) is 123 Å². The number of ketones is 1. The summed E-state index contributed by atoms with van der Waals surface area (Å²) in [6, 6.07) is 10.6. The molecule has 0 aliphatic carbocycles.